The highest BCUT2D eigenvalue weighted by Gasteiger charge is 2.21. The second kappa shape index (κ2) is 7.12. The highest BCUT2D eigenvalue weighted by Crippen LogP contribution is 2.23. The number of aromatic nitrogens is 2. The number of rotatable bonds is 5. The number of carbonyl (C=O) groups excluding carboxylic acids is 1. The Morgan fingerprint density at radius 2 is 1.96 bits per heavy atom. The first-order valence-corrected chi connectivity index (χ1v) is 7.52. The smallest absolute Gasteiger partial charge is 0.339 e. The summed E-state index contributed by atoms with van der Waals surface area (Å²) in [6, 6.07) is 13.1. The van der Waals surface area contributed by atoms with Gasteiger partial charge in [0, 0.05) is 5.56 Å². The lowest BCUT2D eigenvalue weighted by Gasteiger charge is -2.09. The minimum atomic E-state index is -0.775. The number of benzene rings is 2. The summed E-state index contributed by atoms with van der Waals surface area (Å²) in [6.07, 6.45) is -0.775. The molecule has 7 heteroatoms. The Hall–Kier alpha value is -3.22. The molecule has 128 valence electrons. The van der Waals surface area contributed by atoms with Crippen LogP contribution in [0.5, 0.6) is 5.75 Å². The zero-order valence-corrected chi connectivity index (χ0v) is 13.6. The van der Waals surface area contributed by atoms with E-state index in [2.05, 4.69) is 10.1 Å². The van der Waals surface area contributed by atoms with Crippen molar-refractivity contribution in [1.29, 1.82) is 0 Å². The number of nitrogens with zero attached hydrogens (tertiary/aromatic N) is 2. The largest absolute Gasteiger partial charge is 0.494 e. The van der Waals surface area contributed by atoms with Gasteiger partial charge in [-0.1, -0.05) is 35.5 Å². The summed E-state index contributed by atoms with van der Waals surface area (Å²) in [6.45, 7) is 1.60. The topological polar surface area (TPSA) is 74.5 Å². The fourth-order valence-corrected chi connectivity index (χ4v) is 2.18. The molecule has 0 unspecified atom stereocenters. The zero-order valence-electron chi connectivity index (χ0n) is 13.6. The maximum Gasteiger partial charge on any atom is 0.339 e. The minimum Gasteiger partial charge on any atom is -0.494 e. The van der Waals surface area contributed by atoms with Crippen LogP contribution in [0.25, 0.3) is 11.4 Å². The van der Waals surface area contributed by atoms with E-state index >= 15 is 0 Å². The van der Waals surface area contributed by atoms with Crippen LogP contribution in [0.15, 0.2) is 53.1 Å². The first-order chi connectivity index (χ1) is 12.1. The number of esters is 1. The standard InChI is InChI=1S/C18H15FN2O4/c1-11(17-20-16(21-25-17)12-6-4-3-5-7-12)24-18(22)13-8-9-15(23-2)14(19)10-13/h3-11H,1-2H3/t11-/m0/s1. The van der Waals surface area contributed by atoms with Gasteiger partial charge in [0.2, 0.25) is 5.82 Å². The van der Waals surface area contributed by atoms with Gasteiger partial charge in [0.1, 0.15) is 0 Å². The van der Waals surface area contributed by atoms with Crippen molar-refractivity contribution in [3.63, 3.8) is 0 Å². The van der Waals surface area contributed by atoms with Crippen LogP contribution in [0.3, 0.4) is 0 Å². The third kappa shape index (κ3) is 3.65. The second-order valence-electron chi connectivity index (χ2n) is 5.22. The molecule has 6 nitrogen and oxygen atoms in total. The number of halogens is 1. The molecule has 0 amide bonds. The maximum absolute atomic E-state index is 13.7. The van der Waals surface area contributed by atoms with Crippen molar-refractivity contribution in [3.05, 3.63) is 65.8 Å². The molecule has 0 spiro atoms. The van der Waals surface area contributed by atoms with Crippen molar-refractivity contribution in [2.45, 2.75) is 13.0 Å². The van der Waals surface area contributed by atoms with Crippen molar-refractivity contribution >= 4 is 5.97 Å². The highest BCUT2D eigenvalue weighted by molar-refractivity contribution is 5.89. The number of ether oxygens (including phenoxy) is 2. The lowest BCUT2D eigenvalue weighted by atomic mass is 10.2. The summed E-state index contributed by atoms with van der Waals surface area (Å²) < 4.78 is 28.9. The van der Waals surface area contributed by atoms with E-state index < -0.39 is 17.9 Å². The van der Waals surface area contributed by atoms with Gasteiger partial charge in [0.15, 0.2) is 17.7 Å². The van der Waals surface area contributed by atoms with Crippen LogP contribution in [0, 0.1) is 5.82 Å². The SMILES string of the molecule is COc1ccc(C(=O)O[C@@H](C)c2nc(-c3ccccc3)no2)cc1F. The fourth-order valence-electron chi connectivity index (χ4n) is 2.18. The third-order valence-electron chi connectivity index (χ3n) is 3.49. The minimum absolute atomic E-state index is 0.0500. The van der Waals surface area contributed by atoms with Crippen LogP contribution in [0.4, 0.5) is 4.39 Å². The van der Waals surface area contributed by atoms with E-state index in [0.717, 1.165) is 11.6 Å². The van der Waals surface area contributed by atoms with E-state index in [1.165, 1.54) is 19.2 Å². The van der Waals surface area contributed by atoms with Crippen molar-refractivity contribution in [2.75, 3.05) is 7.11 Å². The van der Waals surface area contributed by atoms with Gasteiger partial charge in [-0.15, -0.1) is 0 Å². The number of methoxy groups -OCH3 is 1. The molecule has 0 saturated carbocycles. The molecule has 0 saturated heterocycles. The molecule has 0 aliphatic carbocycles. The quantitative estimate of drug-likeness (QED) is 0.657. The van der Waals surface area contributed by atoms with E-state index in [-0.39, 0.29) is 17.2 Å². The Bertz CT molecular complexity index is 880. The van der Waals surface area contributed by atoms with E-state index in [9.17, 15) is 9.18 Å². The summed E-state index contributed by atoms with van der Waals surface area (Å²) in [5.41, 5.74) is 0.848. The molecule has 1 atom stereocenters. The average Bonchev–Trinajstić information content (AvgIpc) is 3.12. The van der Waals surface area contributed by atoms with Crippen LogP contribution in [-0.2, 0) is 4.74 Å². The van der Waals surface area contributed by atoms with Gasteiger partial charge in [-0.3, -0.25) is 0 Å². The summed E-state index contributed by atoms with van der Waals surface area (Å²) in [5, 5.41) is 3.87. The predicted octanol–water partition coefficient (Wildman–Crippen LogP) is 3.80. The van der Waals surface area contributed by atoms with Gasteiger partial charge in [0.25, 0.3) is 5.89 Å². The summed E-state index contributed by atoms with van der Waals surface area (Å²) in [7, 11) is 1.35. The van der Waals surface area contributed by atoms with Crippen LogP contribution in [0.1, 0.15) is 29.3 Å². The van der Waals surface area contributed by atoms with Gasteiger partial charge < -0.3 is 14.0 Å². The zero-order chi connectivity index (χ0) is 17.8. The lowest BCUT2D eigenvalue weighted by molar-refractivity contribution is 0.0265. The molecule has 0 radical (unpaired) electrons. The van der Waals surface area contributed by atoms with Crippen LogP contribution in [0.2, 0.25) is 0 Å². The third-order valence-corrected chi connectivity index (χ3v) is 3.49. The van der Waals surface area contributed by atoms with Crippen LogP contribution < -0.4 is 4.74 Å². The first-order valence-electron chi connectivity index (χ1n) is 7.52. The Morgan fingerprint density at radius 1 is 1.20 bits per heavy atom. The molecule has 1 heterocycles. The molecular formula is C18H15FN2O4. The lowest BCUT2D eigenvalue weighted by Crippen LogP contribution is -2.10. The Labute approximate surface area is 143 Å². The Balaban J connectivity index is 1.72. The van der Waals surface area contributed by atoms with Gasteiger partial charge in [0.05, 0.1) is 12.7 Å². The first kappa shape index (κ1) is 16.6. The molecule has 0 aliphatic heterocycles. The van der Waals surface area contributed by atoms with Crippen molar-refractivity contribution < 1.29 is 23.2 Å². The highest BCUT2D eigenvalue weighted by atomic mass is 19.1. The maximum atomic E-state index is 13.7. The fraction of sp³-hybridized carbons (Fsp3) is 0.167. The molecule has 25 heavy (non-hydrogen) atoms. The second-order valence-corrected chi connectivity index (χ2v) is 5.22. The predicted molar refractivity (Wildman–Crippen MR) is 86.5 cm³/mol. The number of carbonyl (C=O) groups is 1. The van der Waals surface area contributed by atoms with Gasteiger partial charge in [-0.25, -0.2) is 9.18 Å². The molecule has 0 N–H and O–H groups in total. The molecule has 0 bridgehead atoms. The Kier molecular flexibility index (Phi) is 4.74. The van der Waals surface area contributed by atoms with E-state index in [0.29, 0.717) is 5.82 Å². The monoisotopic (exact) mass is 342 g/mol. The molecule has 2 aromatic carbocycles. The van der Waals surface area contributed by atoms with E-state index in [4.69, 9.17) is 14.0 Å². The summed E-state index contributed by atoms with van der Waals surface area (Å²) in [4.78, 5) is 16.4. The van der Waals surface area contributed by atoms with Crippen molar-refractivity contribution in [2.24, 2.45) is 0 Å². The summed E-state index contributed by atoms with van der Waals surface area (Å²) >= 11 is 0. The molecule has 0 fully saturated rings. The van der Waals surface area contributed by atoms with Crippen LogP contribution in [-0.4, -0.2) is 23.2 Å². The van der Waals surface area contributed by atoms with E-state index in [1.54, 1.807) is 6.92 Å². The summed E-state index contributed by atoms with van der Waals surface area (Å²) in [5.74, 6) is -0.744. The molecular weight excluding hydrogens is 327 g/mol. The molecule has 0 aliphatic rings. The van der Waals surface area contributed by atoms with Gasteiger partial charge >= 0.3 is 5.97 Å². The van der Waals surface area contributed by atoms with Gasteiger partial charge in [-0.2, -0.15) is 4.98 Å². The normalized spacial score (nSPS) is 11.8. The number of hydrogen-bond donors (Lipinski definition) is 0. The molecule has 3 rings (SSSR count). The molecule has 3 aromatic rings. The Morgan fingerprint density at radius 3 is 2.64 bits per heavy atom. The average molecular weight is 342 g/mol. The van der Waals surface area contributed by atoms with Crippen LogP contribution >= 0.6 is 0 Å². The van der Waals surface area contributed by atoms with Crippen molar-refractivity contribution in [1.82, 2.24) is 10.1 Å². The number of hydrogen-bond acceptors (Lipinski definition) is 6. The van der Waals surface area contributed by atoms with Gasteiger partial charge in [-0.05, 0) is 25.1 Å². The van der Waals surface area contributed by atoms with E-state index in [1.807, 2.05) is 30.3 Å². The van der Waals surface area contributed by atoms with Crippen molar-refractivity contribution in [3.8, 4) is 17.1 Å². The molecule has 1 aromatic heterocycles.